The molecule has 0 unspecified atom stereocenters. The number of nitrogens with one attached hydrogen (secondary N) is 1. The van der Waals surface area contributed by atoms with Gasteiger partial charge in [0.15, 0.2) is 5.82 Å². The first-order valence-electron chi connectivity index (χ1n) is 9.40. The van der Waals surface area contributed by atoms with Crippen LogP contribution in [0.3, 0.4) is 0 Å². The monoisotopic (exact) mass is 455 g/mol. The number of hydrogen-bond donors (Lipinski definition) is 2. The molecule has 1 aliphatic rings. The van der Waals surface area contributed by atoms with Crippen molar-refractivity contribution in [3.63, 3.8) is 0 Å². The maximum Gasteiger partial charge on any atom is 0.225 e. The minimum Gasteiger partial charge on any atom is -0.507 e. The molecule has 0 radical (unpaired) electrons. The number of rotatable bonds is 4. The normalized spacial score (nSPS) is 16.7. The number of nitrogens with zero attached hydrogens (tertiary/aromatic N) is 6. The van der Waals surface area contributed by atoms with Gasteiger partial charge in [0, 0.05) is 50.7 Å². The second kappa shape index (κ2) is 8.20. The second-order valence-corrected chi connectivity index (χ2v) is 7.84. The Labute approximate surface area is 177 Å². The first-order chi connectivity index (χ1) is 14.1. The standard InChI is InChI=1S/C20H22BrN7O/c1-13-12-27(20-23-10-14(21)11-24-20)7-8-28(13)17-9-16(25-26-19(17)22-2)15-5-3-4-6-18(15)29/h3-6,9-11,13,29H,7-8,12H2,1-2H3,(H,22,26)/t13-/m0/s1. The molecule has 1 fully saturated rings. The van der Waals surface area contributed by atoms with Gasteiger partial charge in [-0.2, -0.15) is 0 Å². The van der Waals surface area contributed by atoms with Crippen LogP contribution in [0.1, 0.15) is 6.92 Å². The van der Waals surface area contributed by atoms with Gasteiger partial charge >= 0.3 is 0 Å². The largest absolute Gasteiger partial charge is 0.507 e. The number of para-hydroxylation sites is 1. The number of piperazine rings is 1. The molecular formula is C20H22BrN7O. The Balaban J connectivity index is 1.61. The van der Waals surface area contributed by atoms with Crippen LogP contribution in [0.2, 0.25) is 0 Å². The van der Waals surface area contributed by atoms with E-state index in [1.807, 2.05) is 25.2 Å². The summed E-state index contributed by atoms with van der Waals surface area (Å²) in [6.07, 6.45) is 3.54. The highest BCUT2D eigenvalue weighted by atomic mass is 79.9. The topological polar surface area (TPSA) is 90.3 Å². The minimum absolute atomic E-state index is 0.190. The fraction of sp³-hybridized carbons (Fsp3) is 0.300. The van der Waals surface area contributed by atoms with Crippen molar-refractivity contribution in [1.29, 1.82) is 0 Å². The molecule has 0 amide bonds. The molecule has 2 aromatic heterocycles. The van der Waals surface area contributed by atoms with Gasteiger partial charge in [0.05, 0.1) is 15.9 Å². The molecule has 0 aliphatic carbocycles. The number of hydrogen-bond acceptors (Lipinski definition) is 8. The number of aromatic hydroxyl groups is 1. The van der Waals surface area contributed by atoms with Crippen LogP contribution in [0.5, 0.6) is 5.75 Å². The zero-order chi connectivity index (χ0) is 20.4. The molecule has 0 saturated carbocycles. The van der Waals surface area contributed by atoms with Crippen molar-refractivity contribution in [3.8, 4) is 17.0 Å². The number of anilines is 3. The molecule has 1 atom stereocenters. The summed E-state index contributed by atoms with van der Waals surface area (Å²) in [6, 6.07) is 9.36. The number of benzene rings is 1. The lowest BCUT2D eigenvalue weighted by atomic mass is 10.1. The Kier molecular flexibility index (Phi) is 5.48. The van der Waals surface area contributed by atoms with E-state index in [0.717, 1.165) is 35.7 Å². The van der Waals surface area contributed by atoms with Gasteiger partial charge in [0.1, 0.15) is 5.75 Å². The van der Waals surface area contributed by atoms with Gasteiger partial charge in [-0.25, -0.2) is 9.97 Å². The van der Waals surface area contributed by atoms with Gasteiger partial charge in [-0.15, -0.1) is 10.2 Å². The van der Waals surface area contributed by atoms with E-state index in [4.69, 9.17) is 0 Å². The van der Waals surface area contributed by atoms with Gasteiger partial charge in [0.2, 0.25) is 5.95 Å². The molecule has 29 heavy (non-hydrogen) atoms. The highest BCUT2D eigenvalue weighted by molar-refractivity contribution is 9.10. The van der Waals surface area contributed by atoms with E-state index in [9.17, 15) is 5.11 Å². The van der Waals surface area contributed by atoms with Crippen LogP contribution in [-0.2, 0) is 0 Å². The molecule has 0 spiro atoms. The maximum absolute atomic E-state index is 10.2. The van der Waals surface area contributed by atoms with E-state index < -0.39 is 0 Å². The lowest BCUT2D eigenvalue weighted by Gasteiger charge is -2.41. The summed E-state index contributed by atoms with van der Waals surface area (Å²) in [4.78, 5) is 13.3. The lowest BCUT2D eigenvalue weighted by Crippen LogP contribution is -2.52. The SMILES string of the molecule is CNc1nnc(-c2ccccc2O)cc1N1CCN(c2ncc(Br)cn2)C[C@@H]1C. The molecule has 3 heterocycles. The van der Waals surface area contributed by atoms with E-state index >= 15 is 0 Å². The zero-order valence-corrected chi connectivity index (χ0v) is 17.8. The second-order valence-electron chi connectivity index (χ2n) is 6.92. The van der Waals surface area contributed by atoms with Gasteiger partial charge < -0.3 is 20.2 Å². The summed E-state index contributed by atoms with van der Waals surface area (Å²) >= 11 is 3.38. The minimum atomic E-state index is 0.190. The molecule has 8 nitrogen and oxygen atoms in total. The van der Waals surface area contributed by atoms with Gasteiger partial charge in [-0.3, -0.25) is 0 Å². The molecular weight excluding hydrogens is 434 g/mol. The van der Waals surface area contributed by atoms with Crippen LogP contribution in [0.15, 0.2) is 47.2 Å². The highest BCUT2D eigenvalue weighted by Gasteiger charge is 2.28. The summed E-state index contributed by atoms with van der Waals surface area (Å²) < 4.78 is 0.867. The number of phenols is 1. The predicted octanol–water partition coefficient (Wildman–Crippen LogP) is 3.16. The molecule has 3 aromatic rings. The van der Waals surface area contributed by atoms with Crippen molar-refractivity contribution in [2.45, 2.75) is 13.0 Å². The van der Waals surface area contributed by atoms with Crippen LogP contribution in [0.4, 0.5) is 17.5 Å². The van der Waals surface area contributed by atoms with Crippen molar-refractivity contribution in [2.75, 3.05) is 41.8 Å². The van der Waals surface area contributed by atoms with Crippen molar-refractivity contribution >= 4 is 33.4 Å². The Morgan fingerprint density at radius 3 is 2.59 bits per heavy atom. The molecule has 1 aromatic carbocycles. The third-order valence-corrected chi connectivity index (χ3v) is 5.43. The fourth-order valence-electron chi connectivity index (χ4n) is 3.57. The molecule has 2 N–H and O–H groups in total. The van der Waals surface area contributed by atoms with Gasteiger partial charge in [-0.05, 0) is 41.1 Å². The quantitative estimate of drug-likeness (QED) is 0.619. The van der Waals surface area contributed by atoms with E-state index in [-0.39, 0.29) is 11.8 Å². The highest BCUT2D eigenvalue weighted by Crippen LogP contribution is 2.34. The van der Waals surface area contributed by atoms with Gasteiger partial charge in [-0.1, -0.05) is 12.1 Å². The Bertz CT molecular complexity index is 998. The Morgan fingerprint density at radius 1 is 1.14 bits per heavy atom. The average molecular weight is 456 g/mol. The van der Waals surface area contributed by atoms with E-state index in [0.29, 0.717) is 17.1 Å². The molecule has 1 aliphatic heterocycles. The predicted molar refractivity (Wildman–Crippen MR) is 117 cm³/mol. The van der Waals surface area contributed by atoms with Crippen molar-refractivity contribution in [1.82, 2.24) is 20.2 Å². The van der Waals surface area contributed by atoms with Crippen molar-refractivity contribution in [2.24, 2.45) is 0 Å². The summed E-state index contributed by atoms with van der Waals surface area (Å²) in [6.45, 7) is 4.55. The van der Waals surface area contributed by atoms with Crippen LogP contribution in [0, 0.1) is 0 Å². The molecule has 150 valence electrons. The first kappa shape index (κ1) is 19.4. The lowest BCUT2D eigenvalue weighted by molar-refractivity contribution is 0.477. The van der Waals surface area contributed by atoms with Crippen LogP contribution < -0.4 is 15.1 Å². The third-order valence-electron chi connectivity index (χ3n) is 5.02. The average Bonchev–Trinajstić information content (AvgIpc) is 2.74. The van der Waals surface area contributed by atoms with Gasteiger partial charge in [0.25, 0.3) is 0 Å². The Hall–Kier alpha value is -2.94. The summed E-state index contributed by atoms with van der Waals surface area (Å²) in [5, 5.41) is 22.0. The summed E-state index contributed by atoms with van der Waals surface area (Å²) in [5.41, 5.74) is 2.27. The number of phenolic OH excluding ortho intramolecular Hbond substituents is 1. The van der Waals surface area contributed by atoms with E-state index in [1.165, 1.54) is 0 Å². The molecule has 4 rings (SSSR count). The third kappa shape index (κ3) is 3.95. The van der Waals surface area contributed by atoms with E-state index in [2.05, 4.69) is 58.1 Å². The number of halogens is 1. The van der Waals surface area contributed by atoms with E-state index in [1.54, 1.807) is 24.5 Å². The first-order valence-corrected chi connectivity index (χ1v) is 10.2. The number of aromatic nitrogens is 4. The fourth-order valence-corrected chi connectivity index (χ4v) is 3.77. The smallest absolute Gasteiger partial charge is 0.225 e. The van der Waals surface area contributed by atoms with Crippen LogP contribution in [-0.4, -0.2) is 58.0 Å². The molecule has 1 saturated heterocycles. The zero-order valence-electron chi connectivity index (χ0n) is 16.2. The van der Waals surface area contributed by atoms with Crippen molar-refractivity contribution in [3.05, 3.63) is 47.2 Å². The molecule has 0 bridgehead atoms. The summed E-state index contributed by atoms with van der Waals surface area (Å²) in [7, 11) is 1.84. The molecule has 9 heteroatoms. The van der Waals surface area contributed by atoms with Crippen LogP contribution in [0.25, 0.3) is 11.3 Å². The maximum atomic E-state index is 10.2. The van der Waals surface area contributed by atoms with Crippen LogP contribution >= 0.6 is 15.9 Å². The summed E-state index contributed by atoms with van der Waals surface area (Å²) in [5.74, 6) is 1.64. The van der Waals surface area contributed by atoms with Crippen molar-refractivity contribution < 1.29 is 5.11 Å². The Morgan fingerprint density at radius 2 is 1.90 bits per heavy atom.